The number of nitrogens with one attached hydrogen (secondary N) is 1. The molecule has 0 heterocycles. The highest BCUT2D eigenvalue weighted by atomic mass is 32.2. The standard InChI is InChI=1S/C23H25NO4S/c1-18-17-21(13-14-22(18)28-16-15-27-2)29(25,26)24-23(19-9-5-3-6-10-19)20-11-7-4-8-12-20/h3-14,17,23-24H,15-16H2,1-2H3. The number of hydrogen-bond donors (Lipinski definition) is 1. The van der Waals surface area contributed by atoms with Crippen LogP contribution in [0, 0.1) is 6.92 Å². The Morgan fingerprint density at radius 2 is 1.45 bits per heavy atom. The summed E-state index contributed by atoms with van der Waals surface area (Å²) in [6.07, 6.45) is 0. The number of methoxy groups -OCH3 is 1. The molecule has 0 atom stereocenters. The number of rotatable bonds is 9. The van der Waals surface area contributed by atoms with Crippen molar-refractivity contribution in [2.75, 3.05) is 20.3 Å². The zero-order valence-corrected chi connectivity index (χ0v) is 17.4. The number of aryl methyl sites for hydroxylation is 1. The van der Waals surface area contributed by atoms with Gasteiger partial charge in [0.1, 0.15) is 12.4 Å². The Morgan fingerprint density at radius 3 is 1.97 bits per heavy atom. The molecule has 0 saturated carbocycles. The first-order chi connectivity index (χ1) is 14.0. The molecule has 0 bridgehead atoms. The van der Waals surface area contributed by atoms with Gasteiger partial charge in [-0.3, -0.25) is 0 Å². The first-order valence-corrected chi connectivity index (χ1v) is 10.8. The van der Waals surface area contributed by atoms with Crippen molar-refractivity contribution in [2.24, 2.45) is 0 Å². The lowest BCUT2D eigenvalue weighted by molar-refractivity contribution is 0.146. The van der Waals surface area contributed by atoms with Crippen LogP contribution in [0.1, 0.15) is 22.7 Å². The van der Waals surface area contributed by atoms with Crippen molar-refractivity contribution < 1.29 is 17.9 Å². The molecule has 29 heavy (non-hydrogen) atoms. The average Bonchev–Trinajstić information content (AvgIpc) is 2.74. The first-order valence-electron chi connectivity index (χ1n) is 9.36. The third kappa shape index (κ3) is 5.44. The van der Waals surface area contributed by atoms with Crippen LogP contribution in [0.2, 0.25) is 0 Å². The molecule has 6 heteroatoms. The maximum Gasteiger partial charge on any atom is 0.241 e. The van der Waals surface area contributed by atoms with Gasteiger partial charge in [0.25, 0.3) is 0 Å². The lowest BCUT2D eigenvalue weighted by atomic mass is 10.00. The van der Waals surface area contributed by atoms with Gasteiger partial charge in [-0.15, -0.1) is 0 Å². The quantitative estimate of drug-likeness (QED) is 0.539. The van der Waals surface area contributed by atoms with Gasteiger partial charge in [-0.05, 0) is 41.8 Å². The van der Waals surface area contributed by atoms with Crippen LogP contribution in [0.4, 0.5) is 0 Å². The Bertz CT molecular complexity index is 982. The van der Waals surface area contributed by atoms with Crippen molar-refractivity contribution in [3.8, 4) is 5.75 Å². The molecule has 3 aromatic rings. The minimum atomic E-state index is -3.75. The molecule has 0 fully saturated rings. The van der Waals surface area contributed by atoms with Crippen LogP contribution in [-0.2, 0) is 14.8 Å². The summed E-state index contributed by atoms with van der Waals surface area (Å²) in [5.41, 5.74) is 2.50. The number of hydrogen-bond acceptors (Lipinski definition) is 4. The molecule has 1 N–H and O–H groups in total. The van der Waals surface area contributed by atoms with Crippen molar-refractivity contribution in [3.05, 3.63) is 95.6 Å². The lowest BCUT2D eigenvalue weighted by Gasteiger charge is -2.20. The maximum atomic E-state index is 13.1. The zero-order chi connectivity index (χ0) is 20.7. The molecule has 0 unspecified atom stereocenters. The summed E-state index contributed by atoms with van der Waals surface area (Å²) in [5, 5.41) is 0. The molecular weight excluding hydrogens is 386 g/mol. The smallest absolute Gasteiger partial charge is 0.241 e. The predicted molar refractivity (Wildman–Crippen MR) is 114 cm³/mol. The predicted octanol–water partition coefficient (Wildman–Crippen LogP) is 4.09. The molecule has 152 valence electrons. The van der Waals surface area contributed by atoms with Crippen LogP contribution in [0.3, 0.4) is 0 Å². The molecule has 0 aromatic heterocycles. The highest BCUT2D eigenvalue weighted by Gasteiger charge is 2.23. The van der Waals surface area contributed by atoms with E-state index in [1.54, 1.807) is 25.3 Å². The molecule has 5 nitrogen and oxygen atoms in total. The Hall–Kier alpha value is -2.67. The Labute approximate surface area is 172 Å². The summed E-state index contributed by atoms with van der Waals surface area (Å²) >= 11 is 0. The number of benzene rings is 3. The van der Waals surface area contributed by atoms with E-state index in [2.05, 4.69) is 4.72 Å². The summed E-state index contributed by atoms with van der Waals surface area (Å²) in [5.74, 6) is 0.642. The SMILES string of the molecule is COCCOc1ccc(S(=O)(=O)NC(c2ccccc2)c2ccccc2)cc1C. The second kappa shape index (κ2) is 9.69. The molecule has 0 spiro atoms. The molecule has 3 aromatic carbocycles. The number of sulfonamides is 1. The Morgan fingerprint density at radius 1 is 0.862 bits per heavy atom. The minimum absolute atomic E-state index is 0.200. The average molecular weight is 412 g/mol. The van der Waals surface area contributed by atoms with Crippen molar-refractivity contribution in [3.63, 3.8) is 0 Å². The van der Waals surface area contributed by atoms with Gasteiger partial charge in [-0.2, -0.15) is 4.72 Å². The van der Waals surface area contributed by atoms with Gasteiger partial charge in [0, 0.05) is 7.11 Å². The van der Waals surface area contributed by atoms with Gasteiger partial charge >= 0.3 is 0 Å². The largest absolute Gasteiger partial charge is 0.491 e. The van der Waals surface area contributed by atoms with Crippen LogP contribution in [0.25, 0.3) is 0 Å². The molecule has 0 aliphatic heterocycles. The normalized spacial score (nSPS) is 11.6. The highest BCUT2D eigenvalue weighted by Crippen LogP contribution is 2.26. The molecule has 3 rings (SSSR count). The van der Waals surface area contributed by atoms with Crippen molar-refractivity contribution in [1.82, 2.24) is 4.72 Å². The fourth-order valence-electron chi connectivity index (χ4n) is 3.03. The summed E-state index contributed by atoms with van der Waals surface area (Å²) in [7, 11) is -2.15. The van der Waals surface area contributed by atoms with Gasteiger partial charge in [-0.25, -0.2) is 8.42 Å². The molecule has 0 saturated heterocycles. The van der Waals surface area contributed by atoms with E-state index in [0.29, 0.717) is 19.0 Å². The van der Waals surface area contributed by atoms with Crippen LogP contribution < -0.4 is 9.46 Å². The van der Waals surface area contributed by atoms with Crippen molar-refractivity contribution in [2.45, 2.75) is 17.9 Å². The van der Waals surface area contributed by atoms with Crippen LogP contribution in [-0.4, -0.2) is 28.7 Å². The van der Waals surface area contributed by atoms with Crippen molar-refractivity contribution >= 4 is 10.0 Å². The lowest BCUT2D eigenvalue weighted by Crippen LogP contribution is -2.29. The van der Waals surface area contributed by atoms with Gasteiger partial charge in [-0.1, -0.05) is 60.7 Å². The summed E-state index contributed by atoms with van der Waals surface area (Å²) < 4.78 is 39.7. The van der Waals surface area contributed by atoms with Gasteiger partial charge < -0.3 is 9.47 Å². The van der Waals surface area contributed by atoms with Crippen LogP contribution >= 0.6 is 0 Å². The molecule has 0 aliphatic rings. The zero-order valence-electron chi connectivity index (χ0n) is 16.5. The van der Waals surface area contributed by atoms with Gasteiger partial charge in [0.2, 0.25) is 10.0 Å². The third-order valence-corrected chi connectivity index (χ3v) is 5.96. The summed E-state index contributed by atoms with van der Waals surface area (Å²) in [6.45, 7) is 2.70. The fraction of sp³-hybridized carbons (Fsp3) is 0.217. The van der Waals surface area contributed by atoms with E-state index in [4.69, 9.17) is 9.47 Å². The second-order valence-corrected chi connectivity index (χ2v) is 8.36. The van der Waals surface area contributed by atoms with Gasteiger partial charge in [0.15, 0.2) is 0 Å². The third-order valence-electron chi connectivity index (χ3n) is 4.54. The Balaban J connectivity index is 1.88. The molecule has 0 radical (unpaired) electrons. The fourth-order valence-corrected chi connectivity index (χ4v) is 4.33. The monoisotopic (exact) mass is 411 g/mol. The van der Waals surface area contributed by atoms with Gasteiger partial charge in [0.05, 0.1) is 17.5 Å². The molecular formula is C23H25NO4S. The summed E-state index contributed by atoms with van der Waals surface area (Å²) in [6, 6.07) is 23.4. The van der Waals surface area contributed by atoms with E-state index < -0.39 is 16.1 Å². The first kappa shape index (κ1) is 21.0. The number of ether oxygens (including phenoxy) is 2. The Kier molecular flexibility index (Phi) is 7.04. The van der Waals surface area contributed by atoms with E-state index in [1.165, 1.54) is 0 Å². The minimum Gasteiger partial charge on any atom is -0.491 e. The summed E-state index contributed by atoms with van der Waals surface area (Å²) in [4.78, 5) is 0.200. The van der Waals surface area contributed by atoms with E-state index in [0.717, 1.165) is 16.7 Å². The topological polar surface area (TPSA) is 64.6 Å². The van der Waals surface area contributed by atoms with Crippen LogP contribution in [0.5, 0.6) is 5.75 Å². The van der Waals surface area contributed by atoms with E-state index in [1.807, 2.05) is 67.6 Å². The second-order valence-electron chi connectivity index (χ2n) is 6.64. The van der Waals surface area contributed by atoms with Crippen molar-refractivity contribution in [1.29, 1.82) is 0 Å². The van der Waals surface area contributed by atoms with E-state index >= 15 is 0 Å². The van der Waals surface area contributed by atoms with Crippen LogP contribution in [0.15, 0.2) is 83.8 Å². The maximum absolute atomic E-state index is 13.1. The van der Waals surface area contributed by atoms with E-state index in [-0.39, 0.29) is 4.90 Å². The molecule has 0 amide bonds. The molecule has 0 aliphatic carbocycles. The highest BCUT2D eigenvalue weighted by molar-refractivity contribution is 7.89. The van der Waals surface area contributed by atoms with E-state index in [9.17, 15) is 8.42 Å².